The van der Waals surface area contributed by atoms with Crippen LogP contribution >= 0.6 is 22.9 Å². The quantitative estimate of drug-likeness (QED) is 0.512. The van der Waals surface area contributed by atoms with Crippen molar-refractivity contribution in [3.63, 3.8) is 0 Å². The highest BCUT2D eigenvalue weighted by atomic mass is 35.5. The third-order valence-electron chi connectivity index (χ3n) is 5.77. The van der Waals surface area contributed by atoms with Gasteiger partial charge in [-0.05, 0) is 52.3 Å². The molecule has 4 rings (SSSR count). The number of aromatic nitrogens is 3. The van der Waals surface area contributed by atoms with E-state index in [1.807, 2.05) is 35.8 Å². The van der Waals surface area contributed by atoms with Crippen molar-refractivity contribution in [3.8, 4) is 5.00 Å². The summed E-state index contributed by atoms with van der Waals surface area (Å²) in [5.74, 6) is 6.54. The summed E-state index contributed by atoms with van der Waals surface area (Å²) in [7, 11) is 0. The second-order valence-electron chi connectivity index (χ2n) is 8.76. The Morgan fingerprint density at radius 3 is 2.61 bits per heavy atom. The van der Waals surface area contributed by atoms with Gasteiger partial charge in [0.25, 0.3) is 0 Å². The predicted molar refractivity (Wildman–Crippen MR) is 130 cm³/mol. The summed E-state index contributed by atoms with van der Waals surface area (Å²) in [6.07, 6.45) is 0.114. The van der Waals surface area contributed by atoms with Crippen LogP contribution in [-0.4, -0.2) is 38.5 Å². The van der Waals surface area contributed by atoms with Crippen LogP contribution in [0.15, 0.2) is 29.3 Å². The van der Waals surface area contributed by atoms with E-state index >= 15 is 0 Å². The van der Waals surface area contributed by atoms with Crippen LogP contribution in [0.1, 0.15) is 59.5 Å². The molecular formula is C23H27ClN6O2S. The van der Waals surface area contributed by atoms with Crippen LogP contribution in [0.4, 0.5) is 0 Å². The highest BCUT2D eigenvalue weighted by Crippen LogP contribution is 2.39. The Labute approximate surface area is 201 Å². The molecule has 1 amide bonds. The van der Waals surface area contributed by atoms with Crippen molar-refractivity contribution in [3.05, 3.63) is 62.5 Å². The van der Waals surface area contributed by atoms with Gasteiger partial charge in [-0.15, -0.1) is 21.5 Å². The SMILES string of the molecule is Cc1sc2c(c1C)C(c1ccc(Cl)cc1)=NC(CC(=O)NCC(C)(C)ON)c1nnc(C)n1-2. The van der Waals surface area contributed by atoms with Crippen LogP contribution in [0.5, 0.6) is 0 Å². The fourth-order valence-electron chi connectivity index (χ4n) is 3.73. The molecule has 33 heavy (non-hydrogen) atoms. The third kappa shape index (κ3) is 4.59. The number of hydrogen-bond donors (Lipinski definition) is 2. The fraction of sp³-hybridized carbons (Fsp3) is 0.391. The molecule has 2 aromatic heterocycles. The molecule has 3 heterocycles. The van der Waals surface area contributed by atoms with Gasteiger partial charge in [0, 0.05) is 27.6 Å². The minimum atomic E-state index is -0.674. The number of thiophene rings is 1. The number of amides is 1. The minimum absolute atomic E-state index is 0.114. The number of nitrogens with two attached hydrogens (primary N) is 1. The Hall–Kier alpha value is -2.59. The number of nitrogens with one attached hydrogen (secondary N) is 1. The van der Waals surface area contributed by atoms with Crippen molar-refractivity contribution >= 4 is 34.6 Å². The van der Waals surface area contributed by atoms with Crippen molar-refractivity contribution in [2.45, 2.75) is 52.7 Å². The molecule has 174 valence electrons. The smallest absolute Gasteiger partial charge is 0.222 e. The van der Waals surface area contributed by atoms with Crippen LogP contribution in [0.25, 0.3) is 5.00 Å². The van der Waals surface area contributed by atoms with Crippen LogP contribution in [0.3, 0.4) is 0 Å². The topological polar surface area (TPSA) is 107 Å². The number of benzene rings is 1. The van der Waals surface area contributed by atoms with Gasteiger partial charge in [0.15, 0.2) is 5.82 Å². The summed E-state index contributed by atoms with van der Waals surface area (Å²) < 4.78 is 2.03. The molecule has 3 N–H and O–H groups in total. The number of fused-ring (bicyclic) bond motifs is 3. The number of halogens is 1. The second kappa shape index (κ2) is 8.98. The summed E-state index contributed by atoms with van der Waals surface area (Å²) in [6.45, 7) is 9.99. The van der Waals surface area contributed by atoms with Gasteiger partial charge >= 0.3 is 0 Å². The van der Waals surface area contributed by atoms with Gasteiger partial charge in [-0.3, -0.25) is 19.2 Å². The molecule has 1 aliphatic heterocycles. The summed E-state index contributed by atoms with van der Waals surface area (Å²) in [5.41, 5.74) is 3.25. The predicted octanol–water partition coefficient (Wildman–Crippen LogP) is 3.97. The van der Waals surface area contributed by atoms with Crippen molar-refractivity contribution in [1.29, 1.82) is 0 Å². The Kier molecular flexibility index (Phi) is 6.41. The molecule has 0 spiro atoms. The first kappa shape index (κ1) is 23.6. The first-order chi connectivity index (χ1) is 15.6. The van der Waals surface area contributed by atoms with Crippen LogP contribution in [0, 0.1) is 20.8 Å². The average Bonchev–Trinajstić information content (AvgIpc) is 3.25. The molecule has 1 atom stereocenters. The number of carbonyl (C=O) groups excluding carboxylic acids is 1. The molecule has 0 radical (unpaired) electrons. The molecule has 3 aromatic rings. The Balaban J connectivity index is 1.81. The molecule has 10 heteroatoms. The molecule has 0 saturated carbocycles. The van der Waals surface area contributed by atoms with Crippen LogP contribution < -0.4 is 11.2 Å². The summed E-state index contributed by atoms with van der Waals surface area (Å²) in [5, 5.41) is 13.3. The van der Waals surface area contributed by atoms with E-state index in [9.17, 15) is 4.79 Å². The van der Waals surface area contributed by atoms with Crippen LogP contribution in [0.2, 0.25) is 5.02 Å². The molecular weight excluding hydrogens is 460 g/mol. The normalized spacial score (nSPS) is 15.5. The number of nitrogens with zero attached hydrogens (tertiary/aromatic N) is 4. The van der Waals surface area contributed by atoms with Crippen molar-refractivity contribution < 1.29 is 9.63 Å². The van der Waals surface area contributed by atoms with E-state index < -0.39 is 11.6 Å². The number of rotatable bonds is 6. The maximum Gasteiger partial charge on any atom is 0.222 e. The van der Waals surface area contributed by atoms with E-state index in [1.165, 1.54) is 4.88 Å². The summed E-state index contributed by atoms with van der Waals surface area (Å²) in [6, 6.07) is 7.09. The van der Waals surface area contributed by atoms with E-state index in [0.717, 1.165) is 33.2 Å². The standard InChI is InChI=1S/C23H27ClN6O2S/c1-12-13(2)33-22-19(12)20(15-6-8-16(24)9-7-15)27-17(21-29-28-14(3)30(21)22)10-18(31)26-11-23(4,5)32-25/h6-9,17H,10-11,25H2,1-5H3,(H,26,31). The van der Waals surface area contributed by atoms with Gasteiger partial charge < -0.3 is 5.32 Å². The minimum Gasteiger partial charge on any atom is -0.353 e. The highest BCUT2D eigenvalue weighted by molar-refractivity contribution is 7.15. The van der Waals surface area contributed by atoms with Gasteiger partial charge in [0.05, 0.1) is 12.1 Å². The lowest BCUT2D eigenvalue weighted by Gasteiger charge is -2.22. The molecule has 0 saturated heterocycles. The molecule has 8 nitrogen and oxygen atoms in total. The Morgan fingerprint density at radius 2 is 1.94 bits per heavy atom. The van der Waals surface area contributed by atoms with Gasteiger partial charge in [-0.2, -0.15) is 0 Å². The van der Waals surface area contributed by atoms with Crippen molar-refractivity contribution in [1.82, 2.24) is 20.1 Å². The lowest BCUT2D eigenvalue weighted by atomic mass is 9.99. The largest absolute Gasteiger partial charge is 0.353 e. The molecule has 0 aliphatic carbocycles. The van der Waals surface area contributed by atoms with E-state index in [0.29, 0.717) is 10.8 Å². The maximum atomic E-state index is 12.9. The van der Waals surface area contributed by atoms with Gasteiger partial charge in [0.1, 0.15) is 22.5 Å². The molecule has 1 aromatic carbocycles. The Morgan fingerprint density at radius 1 is 1.24 bits per heavy atom. The maximum absolute atomic E-state index is 12.9. The van der Waals surface area contributed by atoms with E-state index in [1.54, 1.807) is 25.2 Å². The lowest BCUT2D eigenvalue weighted by molar-refractivity contribution is -0.123. The number of hydrogen-bond acceptors (Lipinski definition) is 7. The van der Waals surface area contributed by atoms with Gasteiger partial charge in [0.2, 0.25) is 5.91 Å². The summed E-state index contributed by atoms with van der Waals surface area (Å²) in [4.78, 5) is 24.1. The molecule has 0 bridgehead atoms. The van der Waals surface area contributed by atoms with E-state index in [2.05, 4.69) is 29.4 Å². The summed E-state index contributed by atoms with van der Waals surface area (Å²) >= 11 is 7.82. The fourth-order valence-corrected chi connectivity index (χ4v) is 5.07. The molecule has 1 aliphatic rings. The zero-order valence-corrected chi connectivity index (χ0v) is 20.8. The highest BCUT2D eigenvalue weighted by Gasteiger charge is 2.32. The number of carbonyl (C=O) groups is 1. The lowest BCUT2D eigenvalue weighted by Crippen LogP contribution is -2.42. The third-order valence-corrected chi connectivity index (χ3v) is 7.21. The van der Waals surface area contributed by atoms with E-state index in [-0.39, 0.29) is 18.9 Å². The molecule has 1 unspecified atom stereocenters. The number of aliphatic imine (C=N–C) groups is 1. The average molecular weight is 487 g/mol. The number of aryl methyl sites for hydroxylation is 2. The van der Waals surface area contributed by atoms with Gasteiger partial charge in [-0.1, -0.05) is 23.7 Å². The molecule has 0 fully saturated rings. The van der Waals surface area contributed by atoms with Gasteiger partial charge in [-0.25, -0.2) is 5.90 Å². The first-order valence-electron chi connectivity index (χ1n) is 10.6. The zero-order chi connectivity index (χ0) is 23.9. The Bertz CT molecular complexity index is 1230. The first-order valence-corrected chi connectivity index (χ1v) is 11.8. The van der Waals surface area contributed by atoms with Crippen molar-refractivity contribution in [2.75, 3.05) is 6.54 Å². The zero-order valence-electron chi connectivity index (χ0n) is 19.3. The van der Waals surface area contributed by atoms with Crippen LogP contribution in [-0.2, 0) is 9.63 Å². The monoisotopic (exact) mass is 486 g/mol. The van der Waals surface area contributed by atoms with Crippen molar-refractivity contribution in [2.24, 2.45) is 10.9 Å². The second-order valence-corrected chi connectivity index (χ2v) is 10.4. The van der Waals surface area contributed by atoms with E-state index in [4.69, 9.17) is 27.3 Å².